The first kappa shape index (κ1) is 19.6. The second-order valence-corrected chi connectivity index (χ2v) is 7.29. The maximum Gasteiger partial charge on any atom is 0.194 e. The largest absolute Gasteiger partial charge is 0.357 e. The quantitative estimate of drug-likeness (QED) is 0.590. The molecule has 0 radical (unpaired) electrons. The van der Waals surface area contributed by atoms with Gasteiger partial charge in [0.2, 0.25) is 0 Å². The molecule has 0 aliphatic heterocycles. The van der Waals surface area contributed by atoms with Gasteiger partial charge >= 0.3 is 0 Å². The Balaban J connectivity index is 2.05. The first-order valence-corrected chi connectivity index (χ1v) is 9.42. The molecule has 0 aliphatic rings. The number of hydrogen-bond donors (Lipinski definition) is 1. The summed E-state index contributed by atoms with van der Waals surface area (Å²) < 4.78 is 5.17. The predicted molar refractivity (Wildman–Crippen MR) is 107 cm³/mol. The fourth-order valence-electron chi connectivity index (χ4n) is 2.96. The van der Waals surface area contributed by atoms with E-state index in [1.165, 1.54) is 17.0 Å². The number of aryl methyl sites for hydroxylation is 3. The van der Waals surface area contributed by atoms with Crippen LogP contribution in [0.4, 0.5) is 0 Å². The molecule has 2 rings (SSSR count). The number of aromatic nitrogens is 3. The topological polar surface area (TPSA) is 50.4 Å². The van der Waals surface area contributed by atoms with Crippen LogP contribution in [0.3, 0.4) is 0 Å². The van der Waals surface area contributed by atoms with E-state index >= 15 is 0 Å². The Kier molecular flexibility index (Phi) is 6.70. The van der Waals surface area contributed by atoms with Crippen LogP contribution in [0.5, 0.6) is 0 Å². The molecule has 7 heteroatoms. The van der Waals surface area contributed by atoms with Crippen molar-refractivity contribution in [2.24, 2.45) is 19.1 Å². The van der Waals surface area contributed by atoms with Crippen molar-refractivity contribution in [3.05, 3.63) is 39.4 Å². The van der Waals surface area contributed by atoms with E-state index in [1.54, 1.807) is 0 Å². The van der Waals surface area contributed by atoms with E-state index in [1.807, 2.05) is 11.7 Å². The Morgan fingerprint density at radius 1 is 1.36 bits per heavy atom. The molecule has 2 aromatic rings. The van der Waals surface area contributed by atoms with E-state index < -0.39 is 0 Å². The first-order valence-electron chi connectivity index (χ1n) is 8.62. The van der Waals surface area contributed by atoms with Gasteiger partial charge in [0.1, 0.15) is 0 Å². The lowest BCUT2D eigenvalue weighted by molar-refractivity contribution is 0.462. The molecule has 2 aromatic heterocycles. The molecule has 0 amide bonds. The van der Waals surface area contributed by atoms with Crippen LogP contribution in [0.1, 0.15) is 29.6 Å². The Bertz CT molecular complexity index is 743. The molecule has 2 heterocycles. The van der Waals surface area contributed by atoms with Gasteiger partial charge in [-0.05, 0) is 54.8 Å². The van der Waals surface area contributed by atoms with E-state index in [2.05, 4.69) is 82.9 Å². The minimum absolute atomic E-state index is 0.747. The summed E-state index contributed by atoms with van der Waals surface area (Å²) in [4.78, 5) is 6.97. The summed E-state index contributed by atoms with van der Waals surface area (Å²) in [5.41, 5.74) is 4.86. The highest BCUT2D eigenvalue weighted by molar-refractivity contribution is 9.10. The van der Waals surface area contributed by atoms with Crippen molar-refractivity contribution in [3.63, 3.8) is 0 Å². The van der Waals surface area contributed by atoms with E-state index in [-0.39, 0.29) is 0 Å². The molecule has 0 aromatic carbocycles. The fourth-order valence-corrected chi connectivity index (χ4v) is 3.54. The Labute approximate surface area is 159 Å². The second kappa shape index (κ2) is 8.56. The predicted octanol–water partition coefficient (Wildman–Crippen LogP) is 2.78. The minimum atomic E-state index is 0.747. The third-order valence-electron chi connectivity index (χ3n) is 4.45. The van der Waals surface area contributed by atoms with Crippen molar-refractivity contribution in [1.82, 2.24) is 24.6 Å². The monoisotopic (exact) mass is 408 g/mol. The van der Waals surface area contributed by atoms with Gasteiger partial charge in [-0.15, -0.1) is 0 Å². The van der Waals surface area contributed by atoms with Crippen molar-refractivity contribution in [2.75, 3.05) is 20.1 Å². The zero-order chi connectivity index (χ0) is 18.6. The molecule has 138 valence electrons. The number of aliphatic imine (C=N–C) groups is 1. The van der Waals surface area contributed by atoms with Crippen molar-refractivity contribution in [1.29, 1.82) is 0 Å². The molecule has 25 heavy (non-hydrogen) atoms. The summed E-state index contributed by atoms with van der Waals surface area (Å²) >= 11 is 3.53. The molecule has 0 spiro atoms. The van der Waals surface area contributed by atoms with Gasteiger partial charge in [-0.1, -0.05) is 0 Å². The van der Waals surface area contributed by atoms with Crippen LogP contribution in [-0.2, 0) is 27.1 Å². The normalized spacial score (nSPS) is 11.9. The Hall–Kier alpha value is -1.76. The Morgan fingerprint density at radius 2 is 2.08 bits per heavy atom. The van der Waals surface area contributed by atoms with Crippen LogP contribution in [0, 0.1) is 13.8 Å². The molecule has 0 aliphatic carbocycles. The molecule has 1 N–H and O–H groups in total. The Morgan fingerprint density at radius 3 is 2.60 bits per heavy atom. The maximum atomic E-state index is 4.81. The average molecular weight is 409 g/mol. The minimum Gasteiger partial charge on any atom is -0.357 e. The van der Waals surface area contributed by atoms with E-state index in [4.69, 9.17) is 4.99 Å². The first-order chi connectivity index (χ1) is 11.8. The molecular formula is C18H29BrN6. The number of rotatable bonds is 6. The summed E-state index contributed by atoms with van der Waals surface area (Å²) in [5.74, 6) is 0.930. The average Bonchev–Trinajstić information content (AvgIpc) is 2.98. The number of halogens is 1. The van der Waals surface area contributed by atoms with Crippen LogP contribution in [-0.4, -0.2) is 45.3 Å². The van der Waals surface area contributed by atoms with Crippen LogP contribution < -0.4 is 5.32 Å². The highest BCUT2D eigenvalue weighted by atomic mass is 79.9. The standard InChI is InChI=1S/C18H29BrN6/c1-7-20-18(24(5)12-16-10-15(19)11-23(16)4)21-9-8-17-13(2)22-25(6)14(17)3/h10-11H,7-9,12H2,1-6H3,(H,20,21). The molecule has 6 nitrogen and oxygen atoms in total. The molecule has 0 unspecified atom stereocenters. The van der Waals surface area contributed by atoms with Crippen LogP contribution >= 0.6 is 15.9 Å². The summed E-state index contributed by atoms with van der Waals surface area (Å²) in [6.07, 6.45) is 2.98. The molecular weight excluding hydrogens is 380 g/mol. The van der Waals surface area contributed by atoms with E-state index in [0.29, 0.717) is 0 Å². The summed E-state index contributed by atoms with van der Waals surface area (Å²) in [6.45, 7) is 8.68. The van der Waals surface area contributed by atoms with Crippen LogP contribution in [0.25, 0.3) is 0 Å². The van der Waals surface area contributed by atoms with Crippen molar-refractivity contribution in [3.8, 4) is 0 Å². The highest BCUT2D eigenvalue weighted by Gasteiger charge is 2.11. The SMILES string of the molecule is CCNC(=NCCc1c(C)nn(C)c1C)N(C)Cc1cc(Br)cn1C. The van der Waals surface area contributed by atoms with Gasteiger partial charge in [0.25, 0.3) is 0 Å². The van der Waals surface area contributed by atoms with Gasteiger partial charge in [0.05, 0.1) is 12.2 Å². The molecule has 0 saturated carbocycles. The molecule has 0 fully saturated rings. The van der Waals surface area contributed by atoms with Gasteiger partial charge in [-0.25, -0.2) is 0 Å². The van der Waals surface area contributed by atoms with Gasteiger partial charge in [0, 0.05) is 56.3 Å². The number of guanidine groups is 1. The number of nitrogens with zero attached hydrogens (tertiary/aromatic N) is 5. The lowest BCUT2D eigenvalue weighted by atomic mass is 10.1. The van der Waals surface area contributed by atoms with Crippen molar-refractivity contribution in [2.45, 2.75) is 33.7 Å². The smallest absolute Gasteiger partial charge is 0.194 e. The summed E-state index contributed by atoms with van der Waals surface area (Å²) in [7, 11) is 6.12. The second-order valence-electron chi connectivity index (χ2n) is 6.38. The van der Waals surface area contributed by atoms with Gasteiger partial charge in [0.15, 0.2) is 5.96 Å². The third kappa shape index (κ3) is 4.87. The van der Waals surface area contributed by atoms with Crippen LogP contribution in [0.15, 0.2) is 21.7 Å². The molecule has 0 saturated heterocycles. The lowest BCUT2D eigenvalue weighted by Gasteiger charge is -2.22. The van der Waals surface area contributed by atoms with E-state index in [9.17, 15) is 0 Å². The zero-order valence-corrected chi connectivity index (χ0v) is 17.7. The zero-order valence-electron chi connectivity index (χ0n) is 16.1. The molecule has 0 bridgehead atoms. The summed E-state index contributed by atoms with van der Waals surface area (Å²) in [5, 5.41) is 7.87. The van der Waals surface area contributed by atoms with Gasteiger partial charge in [-0.3, -0.25) is 9.67 Å². The van der Waals surface area contributed by atoms with Crippen molar-refractivity contribution < 1.29 is 0 Å². The highest BCUT2D eigenvalue weighted by Crippen LogP contribution is 2.15. The van der Waals surface area contributed by atoms with E-state index in [0.717, 1.165) is 42.2 Å². The lowest BCUT2D eigenvalue weighted by Crippen LogP contribution is -2.39. The van der Waals surface area contributed by atoms with Crippen molar-refractivity contribution >= 4 is 21.9 Å². The van der Waals surface area contributed by atoms with Gasteiger partial charge in [-0.2, -0.15) is 5.10 Å². The molecule has 0 atom stereocenters. The fraction of sp³-hybridized carbons (Fsp3) is 0.556. The van der Waals surface area contributed by atoms with Crippen LogP contribution in [0.2, 0.25) is 0 Å². The summed E-state index contributed by atoms with van der Waals surface area (Å²) in [6, 6.07) is 2.14. The number of nitrogens with one attached hydrogen (secondary N) is 1. The third-order valence-corrected chi connectivity index (χ3v) is 4.89. The number of hydrogen-bond acceptors (Lipinski definition) is 2. The van der Waals surface area contributed by atoms with Gasteiger partial charge < -0.3 is 14.8 Å². The maximum absolute atomic E-state index is 4.81.